The average molecular weight is 532 g/mol. The first-order valence-electron chi connectivity index (χ1n) is 11.8. The largest absolute Gasteiger partial charge is 0.462 e. The van der Waals surface area contributed by atoms with Gasteiger partial charge in [0.2, 0.25) is 0 Å². The van der Waals surface area contributed by atoms with E-state index in [2.05, 4.69) is 51.5 Å². The first-order chi connectivity index (χ1) is 17.0. The van der Waals surface area contributed by atoms with Crippen molar-refractivity contribution in [3.63, 3.8) is 0 Å². The molecule has 0 radical (unpaired) electrons. The van der Waals surface area contributed by atoms with Crippen LogP contribution in [0.25, 0.3) is 27.8 Å². The third-order valence-corrected chi connectivity index (χ3v) is 6.80. The average Bonchev–Trinajstić information content (AvgIpc) is 3.38. The molecule has 0 aliphatic heterocycles. The molecule has 178 valence electrons. The van der Waals surface area contributed by atoms with Gasteiger partial charge < -0.3 is 9.30 Å². The minimum absolute atomic E-state index is 0.316. The summed E-state index contributed by atoms with van der Waals surface area (Å²) in [6.45, 7) is 7.01. The van der Waals surface area contributed by atoms with Crippen molar-refractivity contribution < 1.29 is 9.53 Å². The normalized spacial score (nSPS) is 11.4. The number of benzene rings is 2. The summed E-state index contributed by atoms with van der Waals surface area (Å²) in [5.74, 6) is 0.677. The molecule has 0 amide bonds. The number of para-hydroxylation sites is 1. The van der Waals surface area contributed by atoms with E-state index >= 15 is 0 Å². The van der Waals surface area contributed by atoms with Crippen LogP contribution in [0.4, 0.5) is 0 Å². The number of aromatic nitrogens is 5. The number of imidazole rings is 1. The molecule has 0 aliphatic carbocycles. The van der Waals surface area contributed by atoms with E-state index in [9.17, 15) is 4.79 Å². The fraction of sp³-hybridized carbons (Fsp3) is 0.259. The minimum atomic E-state index is -0.367. The molecule has 5 rings (SSSR count). The standard InChI is InChI=1S/C27H26BrN5O2/c1-4-8-23-30-24-17(3)13-14-29-26(24)32(23)16-18-11-12-21-20(15-18)25(28)33(31-21)22-10-7-6-9-19(22)27(34)35-5-2/h6-7,9-15H,4-5,8,16H2,1-3H3. The Morgan fingerprint density at radius 2 is 1.94 bits per heavy atom. The monoisotopic (exact) mass is 531 g/mol. The van der Waals surface area contributed by atoms with E-state index in [1.807, 2.05) is 36.5 Å². The van der Waals surface area contributed by atoms with Gasteiger partial charge >= 0.3 is 5.97 Å². The Hall–Kier alpha value is -3.52. The third-order valence-electron chi connectivity index (χ3n) is 6.03. The van der Waals surface area contributed by atoms with Crippen molar-refractivity contribution in [3.8, 4) is 5.69 Å². The topological polar surface area (TPSA) is 74.8 Å². The maximum Gasteiger partial charge on any atom is 0.340 e. The van der Waals surface area contributed by atoms with Crippen LogP contribution < -0.4 is 0 Å². The molecule has 2 aromatic carbocycles. The third kappa shape index (κ3) is 4.23. The molecule has 0 N–H and O–H groups in total. The second-order valence-electron chi connectivity index (χ2n) is 8.46. The number of halogens is 1. The highest BCUT2D eigenvalue weighted by molar-refractivity contribution is 9.10. The van der Waals surface area contributed by atoms with E-state index in [-0.39, 0.29) is 5.97 Å². The molecule has 35 heavy (non-hydrogen) atoms. The van der Waals surface area contributed by atoms with E-state index in [0.717, 1.165) is 56.5 Å². The smallest absolute Gasteiger partial charge is 0.340 e. The van der Waals surface area contributed by atoms with Crippen molar-refractivity contribution in [1.29, 1.82) is 0 Å². The molecule has 7 nitrogen and oxygen atoms in total. The van der Waals surface area contributed by atoms with Gasteiger partial charge in [0, 0.05) is 18.0 Å². The van der Waals surface area contributed by atoms with Gasteiger partial charge in [-0.2, -0.15) is 5.10 Å². The molecule has 0 atom stereocenters. The summed E-state index contributed by atoms with van der Waals surface area (Å²) in [4.78, 5) is 22.1. The Morgan fingerprint density at radius 3 is 2.74 bits per heavy atom. The quantitative estimate of drug-likeness (QED) is 0.240. The summed E-state index contributed by atoms with van der Waals surface area (Å²) < 4.78 is 9.99. The fourth-order valence-electron chi connectivity index (χ4n) is 4.35. The zero-order chi connectivity index (χ0) is 24.5. The van der Waals surface area contributed by atoms with Crippen LogP contribution in [0.1, 0.15) is 47.6 Å². The molecule has 0 unspecified atom stereocenters. The Bertz CT molecular complexity index is 1550. The van der Waals surface area contributed by atoms with Crippen molar-refractivity contribution in [1.82, 2.24) is 24.3 Å². The molecular weight excluding hydrogens is 506 g/mol. The Labute approximate surface area is 211 Å². The summed E-state index contributed by atoms with van der Waals surface area (Å²) >= 11 is 3.73. The lowest BCUT2D eigenvalue weighted by Crippen LogP contribution is -2.10. The van der Waals surface area contributed by atoms with Gasteiger partial charge in [0.15, 0.2) is 5.65 Å². The SMILES string of the molecule is CCCc1nc2c(C)ccnc2n1Cc1ccc2nn(-c3ccccc3C(=O)OCC)c(Br)c2c1. The molecule has 0 bridgehead atoms. The van der Waals surface area contributed by atoms with Crippen molar-refractivity contribution >= 4 is 44.0 Å². The Kier molecular flexibility index (Phi) is 6.38. The van der Waals surface area contributed by atoms with E-state index in [1.165, 1.54) is 0 Å². The predicted octanol–water partition coefficient (Wildman–Crippen LogP) is 6.02. The number of aryl methyl sites for hydroxylation is 2. The number of fused-ring (bicyclic) bond motifs is 2. The summed E-state index contributed by atoms with van der Waals surface area (Å²) in [5, 5.41) is 5.73. The van der Waals surface area contributed by atoms with Crippen molar-refractivity contribution in [3.05, 3.63) is 81.8 Å². The van der Waals surface area contributed by atoms with Crippen LogP contribution in [0.3, 0.4) is 0 Å². The summed E-state index contributed by atoms with van der Waals surface area (Å²) in [6, 6.07) is 15.6. The van der Waals surface area contributed by atoms with Gasteiger partial charge in [-0.15, -0.1) is 0 Å². The van der Waals surface area contributed by atoms with Crippen molar-refractivity contribution in [2.75, 3.05) is 6.61 Å². The van der Waals surface area contributed by atoms with Crippen LogP contribution in [-0.2, 0) is 17.7 Å². The molecule has 0 aliphatic rings. The first-order valence-corrected chi connectivity index (χ1v) is 12.6. The van der Waals surface area contributed by atoms with Crippen LogP contribution in [0.5, 0.6) is 0 Å². The zero-order valence-corrected chi connectivity index (χ0v) is 21.5. The summed E-state index contributed by atoms with van der Waals surface area (Å²) in [7, 11) is 0. The summed E-state index contributed by atoms with van der Waals surface area (Å²) in [5.41, 5.74) is 6.09. The van der Waals surface area contributed by atoms with Crippen LogP contribution in [0, 0.1) is 6.92 Å². The number of ether oxygens (including phenoxy) is 1. The van der Waals surface area contributed by atoms with E-state index in [1.54, 1.807) is 17.7 Å². The lowest BCUT2D eigenvalue weighted by molar-refractivity contribution is 0.0526. The highest BCUT2D eigenvalue weighted by atomic mass is 79.9. The lowest BCUT2D eigenvalue weighted by Gasteiger charge is -2.09. The predicted molar refractivity (Wildman–Crippen MR) is 140 cm³/mol. The molecule has 0 spiro atoms. The Balaban J connectivity index is 1.57. The zero-order valence-electron chi connectivity index (χ0n) is 20.0. The molecule has 3 aromatic heterocycles. The van der Waals surface area contributed by atoms with Crippen LogP contribution >= 0.6 is 15.9 Å². The fourth-order valence-corrected chi connectivity index (χ4v) is 4.93. The molecule has 5 aromatic rings. The summed E-state index contributed by atoms with van der Waals surface area (Å²) in [6.07, 6.45) is 3.75. The molecule has 0 fully saturated rings. The maximum atomic E-state index is 12.5. The van der Waals surface area contributed by atoms with Gasteiger partial charge in [0.25, 0.3) is 0 Å². The number of pyridine rings is 1. The van der Waals surface area contributed by atoms with Gasteiger partial charge in [-0.1, -0.05) is 25.1 Å². The first kappa shape index (κ1) is 23.2. The number of esters is 1. The van der Waals surface area contributed by atoms with Gasteiger partial charge in [0.1, 0.15) is 15.9 Å². The Morgan fingerprint density at radius 1 is 1.11 bits per heavy atom. The minimum Gasteiger partial charge on any atom is -0.462 e. The van der Waals surface area contributed by atoms with E-state index < -0.39 is 0 Å². The number of carbonyl (C=O) groups excluding carboxylic acids is 1. The maximum absolute atomic E-state index is 12.5. The second kappa shape index (κ2) is 9.62. The molecule has 0 saturated carbocycles. The molecule has 3 heterocycles. The van der Waals surface area contributed by atoms with Crippen molar-refractivity contribution in [2.24, 2.45) is 0 Å². The highest BCUT2D eigenvalue weighted by Gasteiger charge is 2.19. The number of hydrogen-bond donors (Lipinski definition) is 0. The number of nitrogens with zero attached hydrogens (tertiary/aromatic N) is 5. The van der Waals surface area contributed by atoms with Crippen LogP contribution in [0.2, 0.25) is 0 Å². The van der Waals surface area contributed by atoms with Crippen LogP contribution in [0.15, 0.2) is 59.3 Å². The van der Waals surface area contributed by atoms with E-state index in [4.69, 9.17) is 14.8 Å². The molecular formula is C27H26BrN5O2. The van der Waals surface area contributed by atoms with Gasteiger partial charge in [0.05, 0.1) is 29.9 Å². The second-order valence-corrected chi connectivity index (χ2v) is 9.21. The van der Waals surface area contributed by atoms with Gasteiger partial charge in [-0.05, 0) is 77.7 Å². The lowest BCUT2D eigenvalue weighted by atomic mass is 10.1. The number of hydrogen-bond acceptors (Lipinski definition) is 5. The molecule has 0 saturated heterocycles. The van der Waals surface area contributed by atoms with Gasteiger partial charge in [-0.25, -0.2) is 19.4 Å². The van der Waals surface area contributed by atoms with Crippen molar-refractivity contribution in [2.45, 2.75) is 40.2 Å². The van der Waals surface area contributed by atoms with Crippen LogP contribution in [-0.4, -0.2) is 36.9 Å². The number of rotatable bonds is 7. The van der Waals surface area contributed by atoms with E-state index in [0.29, 0.717) is 24.4 Å². The molecule has 8 heteroatoms. The highest BCUT2D eigenvalue weighted by Crippen LogP contribution is 2.30. The van der Waals surface area contributed by atoms with Gasteiger partial charge in [-0.3, -0.25) is 0 Å². The number of carbonyl (C=O) groups is 1.